The van der Waals surface area contributed by atoms with Crippen LogP contribution in [0.1, 0.15) is 58.7 Å². The number of benzene rings is 2. The minimum Gasteiger partial charge on any atom is -0.491 e. The van der Waals surface area contributed by atoms with Crippen LogP contribution in [0.5, 0.6) is 5.75 Å². The fourth-order valence-electron chi connectivity index (χ4n) is 3.14. The summed E-state index contributed by atoms with van der Waals surface area (Å²) in [5, 5.41) is 2.89. The highest BCUT2D eigenvalue weighted by molar-refractivity contribution is 7.92. The molecule has 0 aromatic heterocycles. The van der Waals surface area contributed by atoms with Gasteiger partial charge in [-0.2, -0.15) is 0 Å². The highest BCUT2D eigenvalue weighted by Gasteiger charge is 2.22. The molecule has 0 bridgehead atoms. The van der Waals surface area contributed by atoms with Crippen LogP contribution in [0, 0.1) is 0 Å². The molecule has 0 aliphatic carbocycles. The Morgan fingerprint density at radius 1 is 1.00 bits per heavy atom. The second kappa shape index (κ2) is 9.73. The lowest BCUT2D eigenvalue weighted by molar-refractivity contribution is -0.120. The number of amides is 1. The van der Waals surface area contributed by atoms with Gasteiger partial charge in [-0.05, 0) is 61.6 Å². The van der Waals surface area contributed by atoms with E-state index in [4.69, 9.17) is 4.74 Å². The van der Waals surface area contributed by atoms with E-state index in [1.807, 2.05) is 32.9 Å². The zero-order valence-electron chi connectivity index (χ0n) is 19.5. The lowest BCUT2D eigenvalue weighted by Crippen LogP contribution is -2.41. The first kappa shape index (κ1) is 24.7. The van der Waals surface area contributed by atoms with Crippen molar-refractivity contribution in [3.05, 3.63) is 59.7 Å². The summed E-state index contributed by atoms with van der Waals surface area (Å²) >= 11 is 0. The predicted octanol–water partition coefficient (Wildman–Crippen LogP) is 4.41. The number of nitrogens with zero attached hydrogens (tertiary/aromatic N) is 1. The lowest BCUT2D eigenvalue weighted by Gasteiger charge is -2.24. The molecular weight excluding hydrogens is 412 g/mol. The number of sulfonamides is 1. The summed E-state index contributed by atoms with van der Waals surface area (Å²) in [6.07, 6.45) is 1.11. The summed E-state index contributed by atoms with van der Waals surface area (Å²) in [7, 11) is -3.64. The van der Waals surface area contributed by atoms with E-state index in [9.17, 15) is 13.2 Å². The van der Waals surface area contributed by atoms with E-state index in [0.717, 1.165) is 16.1 Å². The number of carbonyl (C=O) groups is 1. The maximum atomic E-state index is 12.7. The van der Waals surface area contributed by atoms with Crippen LogP contribution in [0.2, 0.25) is 0 Å². The molecule has 0 unspecified atom stereocenters. The van der Waals surface area contributed by atoms with Crippen LogP contribution >= 0.6 is 0 Å². The monoisotopic (exact) mass is 446 g/mol. The Hall–Kier alpha value is -2.54. The zero-order chi connectivity index (χ0) is 23.4. The van der Waals surface area contributed by atoms with Crippen molar-refractivity contribution >= 4 is 21.6 Å². The van der Waals surface area contributed by atoms with Crippen molar-refractivity contribution in [2.24, 2.45) is 0 Å². The van der Waals surface area contributed by atoms with Crippen LogP contribution in [0.3, 0.4) is 0 Å². The quantitative estimate of drug-likeness (QED) is 0.651. The largest absolute Gasteiger partial charge is 0.491 e. The molecule has 31 heavy (non-hydrogen) atoms. The molecular formula is C24H34N2O4S. The number of hydrogen-bond donors (Lipinski definition) is 1. The van der Waals surface area contributed by atoms with Crippen molar-refractivity contribution in [3.8, 4) is 5.75 Å². The van der Waals surface area contributed by atoms with E-state index in [2.05, 4.69) is 38.2 Å². The third kappa shape index (κ3) is 7.28. The third-order valence-corrected chi connectivity index (χ3v) is 5.98. The minimum absolute atomic E-state index is 0.0154. The maximum absolute atomic E-state index is 12.7. The fourth-order valence-corrected chi connectivity index (χ4v) is 3.99. The van der Waals surface area contributed by atoms with Crippen LogP contribution in [-0.2, 0) is 20.2 Å². The van der Waals surface area contributed by atoms with E-state index in [1.54, 1.807) is 24.3 Å². The van der Waals surface area contributed by atoms with Gasteiger partial charge < -0.3 is 10.1 Å². The summed E-state index contributed by atoms with van der Waals surface area (Å²) in [5.41, 5.74) is 2.64. The number of anilines is 1. The summed E-state index contributed by atoms with van der Waals surface area (Å²) in [4.78, 5) is 12.7. The molecule has 0 fully saturated rings. The Morgan fingerprint density at radius 2 is 1.55 bits per heavy atom. The Bertz CT molecular complexity index is 976. The van der Waals surface area contributed by atoms with Gasteiger partial charge in [-0.3, -0.25) is 9.10 Å². The Morgan fingerprint density at radius 3 is 2.00 bits per heavy atom. The van der Waals surface area contributed by atoms with Crippen LogP contribution < -0.4 is 14.4 Å². The molecule has 1 amide bonds. The van der Waals surface area contributed by atoms with Crippen molar-refractivity contribution in [1.29, 1.82) is 0 Å². The van der Waals surface area contributed by atoms with E-state index in [0.29, 0.717) is 11.4 Å². The first-order valence-corrected chi connectivity index (χ1v) is 12.3. The molecule has 2 rings (SSSR count). The van der Waals surface area contributed by atoms with Gasteiger partial charge in [0.25, 0.3) is 0 Å². The normalized spacial score (nSPS) is 13.0. The van der Waals surface area contributed by atoms with Gasteiger partial charge >= 0.3 is 0 Å². The van der Waals surface area contributed by atoms with E-state index >= 15 is 0 Å². The van der Waals surface area contributed by atoms with Gasteiger partial charge in [0, 0.05) is 0 Å². The molecule has 7 heteroatoms. The van der Waals surface area contributed by atoms with Crippen molar-refractivity contribution in [1.82, 2.24) is 5.32 Å². The van der Waals surface area contributed by atoms with E-state index in [1.165, 1.54) is 5.56 Å². The van der Waals surface area contributed by atoms with Gasteiger partial charge in [-0.25, -0.2) is 8.42 Å². The second-order valence-corrected chi connectivity index (χ2v) is 11.0. The summed E-state index contributed by atoms with van der Waals surface area (Å²) in [5.74, 6) is 0.268. The second-order valence-electron chi connectivity index (χ2n) is 9.09. The molecule has 0 aliphatic heterocycles. The molecule has 170 valence electrons. The highest BCUT2D eigenvalue weighted by atomic mass is 32.2. The molecule has 2 aromatic carbocycles. The minimum atomic E-state index is -3.64. The number of hydrogen-bond acceptors (Lipinski definition) is 4. The Kier molecular flexibility index (Phi) is 7.76. The standard InChI is InChI=1S/C24H34N2O4S/c1-17(2)30-22-14-12-21(13-15-22)26(31(7,28)29)16-23(27)25-18(3)19-8-10-20(11-9-19)24(4,5)6/h8-15,17-18H,16H2,1-7H3,(H,25,27)/t18-/m1/s1. The van der Waals surface area contributed by atoms with Crippen LogP contribution in [0.4, 0.5) is 5.69 Å². The van der Waals surface area contributed by atoms with Crippen molar-refractivity contribution < 1.29 is 17.9 Å². The van der Waals surface area contributed by atoms with Gasteiger partial charge in [-0.15, -0.1) is 0 Å². The van der Waals surface area contributed by atoms with Gasteiger partial charge in [0.05, 0.1) is 24.1 Å². The summed E-state index contributed by atoms with van der Waals surface area (Å²) in [6.45, 7) is 11.9. The number of carbonyl (C=O) groups excluding carboxylic acids is 1. The van der Waals surface area contributed by atoms with Crippen molar-refractivity contribution in [2.45, 2.75) is 59.1 Å². The van der Waals surface area contributed by atoms with Gasteiger partial charge in [0.1, 0.15) is 12.3 Å². The molecule has 2 aromatic rings. The van der Waals surface area contributed by atoms with Crippen LogP contribution in [0.25, 0.3) is 0 Å². The van der Waals surface area contributed by atoms with Gasteiger partial charge in [0.2, 0.25) is 15.9 Å². The maximum Gasteiger partial charge on any atom is 0.241 e. The smallest absolute Gasteiger partial charge is 0.241 e. The number of rotatable bonds is 8. The predicted molar refractivity (Wildman–Crippen MR) is 126 cm³/mol. The fraction of sp³-hybridized carbons (Fsp3) is 0.458. The van der Waals surface area contributed by atoms with Gasteiger partial charge in [-0.1, -0.05) is 45.0 Å². The Labute approximate surface area is 186 Å². The SMILES string of the molecule is CC(C)Oc1ccc(N(CC(=O)N[C@H](C)c2ccc(C(C)(C)C)cc2)S(C)(=O)=O)cc1. The van der Waals surface area contributed by atoms with Crippen molar-refractivity contribution in [2.75, 3.05) is 17.1 Å². The number of nitrogens with one attached hydrogen (secondary N) is 1. The molecule has 0 aliphatic rings. The lowest BCUT2D eigenvalue weighted by atomic mass is 9.86. The number of ether oxygens (including phenoxy) is 1. The molecule has 6 nitrogen and oxygen atoms in total. The average molecular weight is 447 g/mol. The zero-order valence-corrected chi connectivity index (χ0v) is 20.3. The topological polar surface area (TPSA) is 75.7 Å². The van der Waals surface area contributed by atoms with E-state index < -0.39 is 10.0 Å². The molecule has 1 N–H and O–H groups in total. The highest BCUT2D eigenvalue weighted by Crippen LogP contribution is 2.25. The molecule has 0 spiro atoms. The summed E-state index contributed by atoms with van der Waals surface area (Å²) < 4.78 is 31.4. The summed E-state index contributed by atoms with van der Waals surface area (Å²) in [6, 6.07) is 14.5. The first-order valence-electron chi connectivity index (χ1n) is 10.4. The molecule has 1 atom stereocenters. The molecule has 0 heterocycles. The first-order chi connectivity index (χ1) is 14.3. The van der Waals surface area contributed by atoms with Crippen molar-refractivity contribution in [3.63, 3.8) is 0 Å². The van der Waals surface area contributed by atoms with Gasteiger partial charge in [0.15, 0.2) is 0 Å². The molecule has 0 saturated heterocycles. The molecule has 0 radical (unpaired) electrons. The van der Waals surface area contributed by atoms with E-state index in [-0.39, 0.29) is 30.0 Å². The average Bonchev–Trinajstić information content (AvgIpc) is 2.65. The third-order valence-electron chi connectivity index (χ3n) is 4.84. The Balaban J connectivity index is 2.10. The molecule has 0 saturated carbocycles. The van der Waals surface area contributed by atoms with Crippen LogP contribution in [-0.4, -0.2) is 33.2 Å². The van der Waals surface area contributed by atoms with Crippen LogP contribution in [0.15, 0.2) is 48.5 Å².